The molecule has 0 radical (unpaired) electrons. The SMILES string of the molecule is C#Cc1cccc(Nc2ncnc3cc(ON)c(OCCOC)cc23)c1. The molecular weight excluding hydrogens is 332 g/mol. The zero-order valence-corrected chi connectivity index (χ0v) is 14.2. The van der Waals surface area contributed by atoms with Crippen LogP contribution in [0.5, 0.6) is 11.5 Å². The Hall–Kier alpha value is -3.34. The first kappa shape index (κ1) is 17.5. The zero-order chi connectivity index (χ0) is 18.4. The number of terminal acetylenes is 1. The second kappa shape index (κ2) is 8.16. The van der Waals surface area contributed by atoms with Crippen molar-refractivity contribution >= 4 is 22.4 Å². The lowest BCUT2D eigenvalue weighted by atomic mass is 10.2. The lowest BCUT2D eigenvalue weighted by Gasteiger charge is -2.13. The van der Waals surface area contributed by atoms with E-state index in [1.165, 1.54) is 6.33 Å². The van der Waals surface area contributed by atoms with Crippen LogP contribution in [0.15, 0.2) is 42.7 Å². The number of nitrogens with two attached hydrogens (primary N) is 1. The molecule has 0 amide bonds. The summed E-state index contributed by atoms with van der Waals surface area (Å²) in [4.78, 5) is 13.5. The minimum atomic E-state index is 0.360. The van der Waals surface area contributed by atoms with E-state index in [0.717, 1.165) is 16.6 Å². The van der Waals surface area contributed by atoms with E-state index < -0.39 is 0 Å². The molecule has 7 nitrogen and oxygen atoms in total. The van der Waals surface area contributed by atoms with Crippen molar-refractivity contribution in [2.45, 2.75) is 0 Å². The Balaban J connectivity index is 1.99. The quantitative estimate of drug-likeness (QED) is 0.384. The van der Waals surface area contributed by atoms with Gasteiger partial charge in [-0.1, -0.05) is 12.0 Å². The van der Waals surface area contributed by atoms with Crippen LogP contribution in [0.4, 0.5) is 11.5 Å². The van der Waals surface area contributed by atoms with Crippen molar-refractivity contribution < 1.29 is 14.3 Å². The predicted octanol–water partition coefficient (Wildman–Crippen LogP) is 2.63. The van der Waals surface area contributed by atoms with E-state index >= 15 is 0 Å². The highest BCUT2D eigenvalue weighted by molar-refractivity contribution is 5.93. The monoisotopic (exact) mass is 350 g/mol. The largest absolute Gasteiger partial charge is 0.487 e. The van der Waals surface area contributed by atoms with E-state index in [2.05, 4.69) is 21.2 Å². The van der Waals surface area contributed by atoms with Crippen LogP contribution in [0.2, 0.25) is 0 Å². The molecule has 0 bridgehead atoms. The Kier molecular flexibility index (Phi) is 5.49. The van der Waals surface area contributed by atoms with E-state index in [0.29, 0.717) is 36.0 Å². The number of ether oxygens (including phenoxy) is 2. The van der Waals surface area contributed by atoms with Crippen LogP contribution in [0, 0.1) is 12.3 Å². The van der Waals surface area contributed by atoms with Crippen molar-refractivity contribution in [3.05, 3.63) is 48.3 Å². The van der Waals surface area contributed by atoms with Crippen molar-refractivity contribution in [2.75, 3.05) is 25.6 Å². The van der Waals surface area contributed by atoms with Crippen molar-refractivity contribution in [3.8, 4) is 23.8 Å². The lowest BCUT2D eigenvalue weighted by molar-refractivity contribution is 0.143. The molecule has 0 spiro atoms. The van der Waals surface area contributed by atoms with E-state index in [1.807, 2.05) is 24.3 Å². The number of hydrogen-bond acceptors (Lipinski definition) is 7. The number of methoxy groups -OCH3 is 1. The van der Waals surface area contributed by atoms with Crippen molar-refractivity contribution in [2.24, 2.45) is 5.90 Å². The van der Waals surface area contributed by atoms with Crippen LogP contribution in [-0.4, -0.2) is 30.3 Å². The molecule has 3 N–H and O–H groups in total. The normalized spacial score (nSPS) is 10.3. The van der Waals surface area contributed by atoms with Crippen molar-refractivity contribution in [1.82, 2.24) is 9.97 Å². The molecule has 0 aliphatic rings. The summed E-state index contributed by atoms with van der Waals surface area (Å²) in [6.07, 6.45) is 6.92. The molecule has 3 aromatic rings. The maximum absolute atomic E-state index is 5.68. The lowest BCUT2D eigenvalue weighted by Crippen LogP contribution is -2.09. The van der Waals surface area contributed by atoms with Crippen LogP contribution >= 0.6 is 0 Å². The second-order valence-corrected chi connectivity index (χ2v) is 5.35. The van der Waals surface area contributed by atoms with Crippen LogP contribution in [0.25, 0.3) is 10.9 Å². The number of hydrogen-bond donors (Lipinski definition) is 2. The highest BCUT2D eigenvalue weighted by Crippen LogP contribution is 2.34. The Labute approximate surface area is 151 Å². The van der Waals surface area contributed by atoms with Gasteiger partial charge in [-0.3, -0.25) is 0 Å². The summed E-state index contributed by atoms with van der Waals surface area (Å²) < 4.78 is 10.7. The Morgan fingerprint density at radius 3 is 2.81 bits per heavy atom. The fourth-order valence-electron chi connectivity index (χ4n) is 2.43. The number of nitrogens with one attached hydrogen (secondary N) is 1. The summed E-state index contributed by atoms with van der Waals surface area (Å²) >= 11 is 0. The van der Waals surface area contributed by atoms with Gasteiger partial charge in [0.15, 0.2) is 11.5 Å². The molecule has 0 saturated carbocycles. The summed E-state index contributed by atoms with van der Waals surface area (Å²) in [6.45, 7) is 0.802. The van der Waals surface area contributed by atoms with Gasteiger partial charge in [0.2, 0.25) is 0 Å². The molecule has 132 valence electrons. The Morgan fingerprint density at radius 1 is 1.15 bits per heavy atom. The number of fused-ring (bicyclic) bond motifs is 1. The highest BCUT2D eigenvalue weighted by atomic mass is 16.6. The highest BCUT2D eigenvalue weighted by Gasteiger charge is 2.12. The molecule has 1 aromatic heterocycles. The van der Waals surface area contributed by atoms with Gasteiger partial charge in [0, 0.05) is 29.8 Å². The third kappa shape index (κ3) is 3.83. The maximum atomic E-state index is 5.68. The first-order chi connectivity index (χ1) is 12.7. The number of rotatable bonds is 7. The van der Waals surface area contributed by atoms with Crippen LogP contribution in [0.3, 0.4) is 0 Å². The van der Waals surface area contributed by atoms with E-state index in [1.54, 1.807) is 19.2 Å². The molecule has 0 saturated heterocycles. The second-order valence-electron chi connectivity index (χ2n) is 5.35. The molecular formula is C19H18N4O3. The van der Waals surface area contributed by atoms with Gasteiger partial charge in [-0.25, -0.2) is 9.97 Å². The standard InChI is InChI=1S/C19H18N4O3/c1-3-13-5-4-6-14(9-13)23-19-15-10-17(25-8-7-24-2)18(26-20)11-16(15)21-12-22-19/h1,4-6,9-12H,7-8,20H2,2H3,(H,21,22,23). The van der Waals surface area contributed by atoms with E-state index in [-0.39, 0.29) is 0 Å². The van der Waals surface area contributed by atoms with Gasteiger partial charge in [-0.15, -0.1) is 6.42 Å². The number of nitrogens with zero attached hydrogens (tertiary/aromatic N) is 2. The number of aromatic nitrogens is 2. The molecule has 0 aliphatic heterocycles. The Bertz CT molecular complexity index is 953. The minimum Gasteiger partial charge on any atom is -0.487 e. The predicted molar refractivity (Wildman–Crippen MR) is 99.4 cm³/mol. The molecule has 3 rings (SSSR count). The average Bonchev–Trinajstić information content (AvgIpc) is 2.68. The van der Waals surface area contributed by atoms with Gasteiger partial charge in [0.25, 0.3) is 0 Å². The van der Waals surface area contributed by atoms with E-state index in [9.17, 15) is 0 Å². The summed E-state index contributed by atoms with van der Waals surface area (Å²) in [7, 11) is 1.60. The fraction of sp³-hybridized carbons (Fsp3) is 0.158. The molecule has 0 unspecified atom stereocenters. The van der Waals surface area contributed by atoms with Crippen LogP contribution in [0.1, 0.15) is 5.56 Å². The topological polar surface area (TPSA) is 91.5 Å². The fourth-order valence-corrected chi connectivity index (χ4v) is 2.43. The molecule has 26 heavy (non-hydrogen) atoms. The molecule has 2 aromatic carbocycles. The first-order valence-corrected chi connectivity index (χ1v) is 7.86. The smallest absolute Gasteiger partial charge is 0.190 e. The number of benzene rings is 2. The van der Waals surface area contributed by atoms with Gasteiger partial charge in [0.1, 0.15) is 18.8 Å². The van der Waals surface area contributed by atoms with Crippen LogP contribution in [-0.2, 0) is 4.74 Å². The average molecular weight is 350 g/mol. The van der Waals surface area contributed by atoms with Gasteiger partial charge in [-0.2, -0.15) is 5.90 Å². The first-order valence-electron chi connectivity index (χ1n) is 7.86. The van der Waals surface area contributed by atoms with Crippen LogP contribution < -0.4 is 20.8 Å². The third-order valence-corrected chi connectivity index (χ3v) is 3.66. The summed E-state index contributed by atoms with van der Waals surface area (Å²) in [5.74, 6) is 9.43. The molecule has 0 aliphatic carbocycles. The van der Waals surface area contributed by atoms with Gasteiger partial charge >= 0.3 is 0 Å². The van der Waals surface area contributed by atoms with Crippen molar-refractivity contribution in [1.29, 1.82) is 0 Å². The molecule has 1 heterocycles. The number of anilines is 2. The van der Waals surface area contributed by atoms with Gasteiger partial charge < -0.3 is 19.6 Å². The minimum absolute atomic E-state index is 0.360. The van der Waals surface area contributed by atoms with Gasteiger partial charge in [-0.05, 0) is 24.3 Å². The Morgan fingerprint density at radius 2 is 2.04 bits per heavy atom. The summed E-state index contributed by atoms with van der Waals surface area (Å²) in [5, 5.41) is 4.01. The summed E-state index contributed by atoms with van der Waals surface area (Å²) in [5.41, 5.74) is 2.26. The zero-order valence-electron chi connectivity index (χ0n) is 14.2. The maximum Gasteiger partial charge on any atom is 0.190 e. The third-order valence-electron chi connectivity index (χ3n) is 3.66. The molecule has 0 fully saturated rings. The van der Waals surface area contributed by atoms with Gasteiger partial charge in [0.05, 0.1) is 12.1 Å². The van der Waals surface area contributed by atoms with Crippen molar-refractivity contribution in [3.63, 3.8) is 0 Å². The molecule has 0 atom stereocenters. The summed E-state index contributed by atoms with van der Waals surface area (Å²) in [6, 6.07) is 11.0. The molecule has 7 heteroatoms. The van der Waals surface area contributed by atoms with E-state index in [4.69, 9.17) is 26.6 Å².